The van der Waals surface area contributed by atoms with E-state index in [0.717, 1.165) is 38.4 Å². The number of morpholine rings is 1. The lowest BCUT2D eigenvalue weighted by Crippen LogP contribution is -2.35. The van der Waals surface area contributed by atoms with Crippen molar-refractivity contribution in [2.75, 3.05) is 43.5 Å². The number of aromatic nitrogens is 2. The third-order valence-corrected chi connectivity index (χ3v) is 5.03. The fraction of sp³-hybridized carbons (Fsp3) is 0.450. The van der Waals surface area contributed by atoms with Crippen LogP contribution in [-0.4, -0.2) is 53.7 Å². The number of carbonyl (C=O) groups is 1. The Morgan fingerprint density at radius 1 is 1.11 bits per heavy atom. The van der Waals surface area contributed by atoms with Crippen LogP contribution in [0.4, 0.5) is 11.6 Å². The topological polar surface area (TPSA) is 93.8 Å². The summed E-state index contributed by atoms with van der Waals surface area (Å²) in [5.41, 5.74) is 8.98. The van der Waals surface area contributed by atoms with Gasteiger partial charge in [0, 0.05) is 25.2 Å². The summed E-state index contributed by atoms with van der Waals surface area (Å²) < 4.78 is 10.8. The molecule has 2 aliphatic heterocycles. The van der Waals surface area contributed by atoms with E-state index in [-0.39, 0.29) is 18.3 Å². The van der Waals surface area contributed by atoms with Crippen LogP contribution in [0.25, 0.3) is 0 Å². The van der Waals surface area contributed by atoms with Crippen molar-refractivity contribution >= 4 is 17.5 Å². The third kappa shape index (κ3) is 3.93. The Kier molecular flexibility index (Phi) is 5.40. The summed E-state index contributed by atoms with van der Waals surface area (Å²) in [6.45, 7) is 7.17. The fourth-order valence-corrected chi connectivity index (χ4v) is 3.53. The van der Waals surface area contributed by atoms with Gasteiger partial charge in [-0.2, -0.15) is 9.97 Å². The van der Waals surface area contributed by atoms with Crippen LogP contribution < -0.4 is 15.4 Å². The Bertz CT molecular complexity index is 850. The molecule has 0 unspecified atom stereocenters. The number of nitrogens with two attached hydrogens (primary N) is 1. The number of rotatable bonds is 6. The van der Waals surface area contributed by atoms with E-state index in [4.69, 9.17) is 15.2 Å². The first-order chi connectivity index (χ1) is 13.6. The molecule has 2 aromatic rings. The van der Waals surface area contributed by atoms with Gasteiger partial charge in [0.1, 0.15) is 11.6 Å². The number of hydrogen-bond donors (Lipinski definition) is 1. The lowest BCUT2D eigenvalue weighted by Gasteiger charge is -2.26. The van der Waals surface area contributed by atoms with Crippen molar-refractivity contribution in [3.8, 4) is 6.01 Å². The molecule has 0 bridgehead atoms. The van der Waals surface area contributed by atoms with Crippen LogP contribution in [0.3, 0.4) is 0 Å². The Balaban J connectivity index is 1.48. The van der Waals surface area contributed by atoms with Crippen molar-refractivity contribution in [1.29, 1.82) is 0 Å². The van der Waals surface area contributed by atoms with E-state index < -0.39 is 0 Å². The summed E-state index contributed by atoms with van der Waals surface area (Å²) in [5, 5.41) is 0. The van der Waals surface area contributed by atoms with Crippen LogP contribution in [0.1, 0.15) is 23.6 Å². The number of carbonyl (C=O) groups excluding carboxylic acids is 1. The first kappa shape index (κ1) is 18.6. The fourth-order valence-electron chi connectivity index (χ4n) is 3.53. The molecule has 148 valence electrons. The molecule has 4 rings (SSSR count). The molecule has 2 aliphatic rings. The van der Waals surface area contributed by atoms with Crippen LogP contribution in [0.2, 0.25) is 0 Å². The van der Waals surface area contributed by atoms with Crippen molar-refractivity contribution in [3.05, 3.63) is 41.0 Å². The molecule has 8 nitrogen and oxygen atoms in total. The van der Waals surface area contributed by atoms with Crippen molar-refractivity contribution < 1.29 is 14.3 Å². The van der Waals surface area contributed by atoms with Crippen LogP contribution in [-0.2, 0) is 29.0 Å². The van der Waals surface area contributed by atoms with Gasteiger partial charge in [-0.15, -0.1) is 0 Å². The van der Waals surface area contributed by atoms with Gasteiger partial charge in [-0.25, -0.2) is 0 Å². The maximum Gasteiger partial charge on any atom is 0.320 e. The summed E-state index contributed by atoms with van der Waals surface area (Å²) in [5.74, 6) is 0.838. The van der Waals surface area contributed by atoms with Gasteiger partial charge in [0.25, 0.3) is 0 Å². The van der Waals surface area contributed by atoms with Crippen LogP contribution in [0, 0.1) is 0 Å². The van der Waals surface area contributed by atoms with Crippen molar-refractivity contribution in [2.24, 2.45) is 0 Å². The second-order valence-electron chi connectivity index (χ2n) is 6.99. The van der Waals surface area contributed by atoms with Gasteiger partial charge >= 0.3 is 6.01 Å². The molecular weight excluding hydrogens is 358 g/mol. The molecule has 28 heavy (non-hydrogen) atoms. The van der Waals surface area contributed by atoms with Gasteiger partial charge in [-0.05, 0) is 18.1 Å². The van der Waals surface area contributed by atoms with E-state index >= 15 is 0 Å². The second kappa shape index (κ2) is 8.12. The van der Waals surface area contributed by atoms with Crippen molar-refractivity contribution in [2.45, 2.75) is 26.4 Å². The van der Waals surface area contributed by atoms with Crippen molar-refractivity contribution in [1.82, 2.24) is 14.9 Å². The molecule has 0 spiro atoms. The van der Waals surface area contributed by atoms with Gasteiger partial charge in [0.05, 0.1) is 32.8 Å². The molecule has 1 saturated heterocycles. The minimum atomic E-state index is -0.0259. The average Bonchev–Trinajstić information content (AvgIpc) is 3.01. The first-order valence-corrected chi connectivity index (χ1v) is 9.61. The smallest absolute Gasteiger partial charge is 0.320 e. The predicted molar refractivity (Wildman–Crippen MR) is 105 cm³/mol. The van der Waals surface area contributed by atoms with Crippen LogP contribution >= 0.6 is 0 Å². The first-order valence-electron chi connectivity index (χ1n) is 9.61. The number of anilines is 2. The second-order valence-corrected chi connectivity index (χ2v) is 6.99. The minimum absolute atomic E-state index is 0.0259. The van der Waals surface area contributed by atoms with E-state index in [1.54, 1.807) is 4.90 Å². The highest BCUT2D eigenvalue weighted by Gasteiger charge is 2.32. The van der Waals surface area contributed by atoms with Gasteiger partial charge in [-0.1, -0.05) is 24.3 Å². The Hall–Kier alpha value is -2.71. The summed E-state index contributed by atoms with van der Waals surface area (Å²) in [6, 6.07) is 8.57. The molecule has 1 aromatic carbocycles. The average molecular weight is 383 g/mol. The van der Waals surface area contributed by atoms with Crippen LogP contribution in [0.15, 0.2) is 24.3 Å². The summed E-state index contributed by atoms with van der Waals surface area (Å²) in [7, 11) is 0. The molecule has 0 atom stereocenters. The molecule has 2 N–H and O–H groups in total. The number of fused-ring (bicyclic) bond motifs is 1. The maximum atomic E-state index is 12.5. The largest absolute Gasteiger partial charge is 0.464 e. The molecule has 1 amide bonds. The number of benzene rings is 1. The lowest BCUT2D eigenvalue weighted by molar-refractivity contribution is -0.117. The predicted octanol–water partition coefficient (Wildman–Crippen LogP) is 1.38. The van der Waals surface area contributed by atoms with E-state index in [0.29, 0.717) is 30.4 Å². The summed E-state index contributed by atoms with van der Waals surface area (Å²) in [6.07, 6.45) is 0.225. The van der Waals surface area contributed by atoms with Gasteiger partial charge in [0.15, 0.2) is 0 Å². The van der Waals surface area contributed by atoms with Crippen LogP contribution in [0.5, 0.6) is 6.01 Å². The number of ether oxygens (including phenoxy) is 2. The van der Waals surface area contributed by atoms with E-state index in [2.05, 4.69) is 39.1 Å². The maximum absolute atomic E-state index is 12.5. The third-order valence-electron chi connectivity index (χ3n) is 5.03. The molecule has 1 fully saturated rings. The van der Waals surface area contributed by atoms with Gasteiger partial charge < -0.3 is 15.2 Å². The quantitative estimate of drug-likeness (QED) is 0.805. The molecule has 3 heterocycles. The lowest BCUT2D eigenvalue weighted by atomic mass is 10.1. The molecule has 0 saturated carbocycles. The monoisotopic (exact) mass is 383 g/mol. The van der Waals surface area contributed by atoms with E-state index in [9.17, 15) is 4.79 Å². The number of hydrogen-bond acceptors (Lipinski definition) is 7. The molecule has 1 aromatic heterocycles. The zero-order valence-corrected chi connectivity index (χ0v) is 16.1. The normalized spacial score (nSPS) is 17.0. The Labute approximate surface area is 164 Å². The van der Waals surface area contributed by atoms with E-state index in [1.807, 2.05) is 6.92 Å². The summed E-state index contributed by atoms with van der Waals surface area (Å²) >= 11 is 0. The zero-order valence-electron chi connectivity index (χ0n) is 16.1. The number of nitrogens with zero attached hydrogens (tertiary/aromatic N) is 4. The SMILES string of the molecule is CCOc1nc(N)c2c(n1)N(Cc1ccc(CN3CCOCC3)cc1)C(=O)C2. The molecule has 0 radical (unpaired) electrons. The van der Waals surface area contributed by atoms with Gasteiger partial charge in [0.2, 0.25) is 5.91 Å². The Morgan fingerprint density at radius 3 is 2.46 bits per heavy atom. The zero-order chi connectivity index (χ0) is 19.5. The summed E-state index contributed by atoms with van der Waals surface area (Å²) in [4.78, 5) is 25.1. The van der Waals surface area contributed by atoms with E-state index in [1.165, 1.54) is 5.56 Å². The molecule has 0 aliphatic carbocycles. The molecular formula is C20H25N5O3. The number of amides is 1. The standard InChI is InChI=1S/C20H25N5O3/c1-2-28-20-22-18(21)16-11-17(26)25(19(16)23-20)13-15-5-3-14(4-6-15)12-24-7-9-27-10-8-24/h3-6H,2,7-13H2,1H3,(H2,21,22,23). The highest BCUT2D eigenvalue weighted by atomic mass is 16.5. The minimum Gasteiger partial charge on any atom is -0.464 e. The molecule has 8 heteroatoms. The Morgan fingerprint density at radius 2 is 1.79 bits per heavy atom. The highest BCUT2D eigenvalue weighted by molar-refractivity contribution is 6.01. The van der Waals surface area contributed by atoms with Crippen molar-refractivity contribution in [3.63, 3.8) is 0 Å². The number of nitrogen functional groups attached to an aromatic ring is 1. The highest BCUT2D eigenvalue weighted by Crippen LogP contribution is 2.33. The van der Waals surface area contributed by atoms with Gasteiger partial charge in [-0.3, -0.25) is 14.6 Å².